The van der Waals surface area contributed by atoms with Crippen LogP contribution in [0.5, 0.6) is 0 Å². The number of nitrogens with one attached hydrogen (secondary N) is 2. The topological polar surface area (TPSA) is 79.2 Å². The van der Waals surface area contributed by atoms with Crippen molar-refractivity contribution in [2.75, 3.05) is 11.9 Å². The molecule has 6 nitrogen and oxygen atoms in total. The van der Waals surface area contributed by atoms with Gasteiger partial charge in [0.1, 0.15) is 0 Å². The number of aryl methyl sites for hydroxylation is 1. The monoisotopic (exact) mass is 312 g/mol. The fraction of sp³-hybridized carbons (Fsp3) is 0.294. The number of aliphatic hydroxyl groups excluding tert-OH is 1. The molecule has 0 radical (unpaired) electrons. The highest BCUT2D eigenvalue weighted by atomic mass is 16.3. The lowest BCUT2D eigenvalue weighted by molar-refractivity contribution is 0.238. The Morgan fingerprint density at radius 2 is 2.17 bits per heavy atom. The van der Waals surface area contributed by atoms with Crippen LogP contribution < -0.4 is 10.6 Å². The molecule has 0 unspecified atom stereocenters. The van der Waals surface area contributed by atoms with Crippen LogP contribution in [-0.4, -0.2) is 33.6 Å². The minimum Gasteiger partial charge on any atom is -0.396 e. The molecular weight excluding hydrogens is 292 g/mol. The average Bonchev–Trinajstić information content (AvgIpc) is 3.16. The first kappa shape index (κ1) is 15.3. The van der Waals surface area contributed by atoms with E-state index >= 15 is 0 Å². The van der Waals surface area contributed by atoms with Gasteiger partial charge in [0.15, 0.2) is 0 Å². The Morgan fingerprint density at radius 1 is 1.35 bits per heavy atom. The van der Waals surface area contributed by atoms with Crippen molar-refractivity contribution in [2.45, 2.75) is 19.4 Å². The van der Waals surface area contributed by atoms with Gasteiger partial charge in [0.25, 0.3) is 0 Å². The highest BCUT2D eigenvalue weighted by Gasteiger charge is 2.20. The van der Waals surface area contributed by atoms with Crippen LogP contribution in [0.3, 0.4) is 0 Å². The molecule has 1 heterocycles. The van der Waals surface area contributed by atoms with Crippen LogP contribution in [0.25, 0.3) is 5.69 Å². The summed E-state index contributed by atoms with van der Waals surface area (Å²) in [7, 11) is 0. The molecule has 1 aliphatic carbocycles. The molecule has 1 aromatic carbocycles. The highest BCUT2D eigenvalue weighted by molar-refractivity contribution is 5.91. The molecule has 1 aliphatic rings. The van der Waals surface area contributed by atoms with Crippen LogP contribution in [0.15, 0.2) is 48.7 Å². The van der Waals surface area contributed by atoms with Crippen molar-refractivity contribution in [3.8, 4) is 5.69 Å². The van der Waals surface area contributed by atoms with E-state index in [-0.39, 0.29) is 24.6 Å². The molecule has 2 amide bonds. The van der Waals surface area contributed by atoms with Gasteiger partial charge in [-0.05, 0) is 31.5 Å². The Bertz CT molecular complexity index is 723. The predicted octanol–water partition coefficient (Wildman–Crippen LogP) is 2.24. The van der Waals surface area contributed by atoms with Crippen LogP contribution in [0, 0.1) is 12.8 Å². The number of hydrogen-bond donors (Lipinski definition) is 3. The molecule has 0 spiro atoms. The van der Waals surface area contributed by atoms with Gasteiger partial charge in [-0.15, -0.1) is 0 Å². The fourth-order valence-electron chi connectivity index (χ4n) is 2.67. The maximum Gasteiger partial charge on any atom is 0.319 e. The Balaban J connectivity index is 1.68. The standard InChI is InChI=1S/C17H20N4O2/c1-12-8-9-21(20-12)16-5-3-2-4-15(16)19-17(23)18-14-7-6-13(10-14)11-22/h2-9,13-14,22H,10-11H2,1H3,(H2,18,19,23)/t13-,14+/m0/s1. The number of carbonyl (C=O) groups excluding carboxylic acids is 1. The molecule has 6 heteroatoms. The minimum absolute atomic E-state index is 0.0498. The van der Waals surface area contributed by atoms with E-state index in [0.29, 0.717) is 5.69 Å². The molecule has 23 heavy (non-hydrogen) atoms. The van der Waals surface area contributed by atoms with Crippen LogP contribution in [0.1, 0.15) is 12.1 Å². The second-order valence-electron chi connectivity index (χ2n) is 5.69. The number of aromatic nitrogens is 2. The molecule has 1 aromatic heterocycles. The van der Waals surface area contributed by atoms with Crippen molar-refractivity contribution >= 4 is 11.7 Å². The lowest BCUT2D eigenvalue weighted by atomic mass is 10.1. The van der Waals surface area contributed by atoms with Crippen LogP contribution in [0.2, 0.25) is 0 Å². The summed E-state index contributed by atoms with van der Waals surface area (Å²) in [6.45, 7) is 2.03. The van der Waals surface area contributed by atoms with Gasteiger partial charge in [0.2, 0.25) is 0 Å². The van der Waals surface area contributed by atoms with Gasteiger partial charge < -0.3 is 15.7 Å². The van der Waals surface area contributed by atoms with Gasteiger partial charge in [-0.25, -0.2) is 9.48 Å². The van der Waals surface area contributed by atoms with Crippen LogP contribution >= 0.6 is 0 Å². The molecule has 0 bridgehead atoms. The SMILES string of the molecule is Cc1ccn(-c2ccccc2NC(=O)N[C@@H]2C=C[C@H](CO)C2)n1. The van der Waals surface area contributed by atoms with Crippen molar-refractivity contribution < 1.29 is 9.90 Å². The number of benzene rings is 1. The van der Waals surface area contributed by atoms with Crippen LogP contribution in [-0.2, 0) is 0 Å². The number of nitrogens with zero attached hydrogens (tertiary/aromatic N) is 2. The van der Waals surface area contributed by atoms with Crippen molar-refractivity contribution in [2.24, 2.45) is 5.92 Å². The first-order valence-corrected chi connectivity index (χ1v) is 7.64. The summed E-state index contributed by atoms with van der Waals surface area (Å²) in [6.07, 6.45) is 6.44. The zero-order chi connectivity index (χ0) is 16.2. The summed E-state index contributed by atoms with van der Waals surface area (Å²) in [4.78, 5) is 12.2. The fourth-order valence-corrected chi connectivity index (χ4v) is 2.67. The van der Waals surface area contributed by atoms with Crippen molar-refractivity contribution in [1.29, 1.82) is 0 Å². The summed E-state index contributed by atoms with van der Waals surface area (Å²) < 4.78 is 1.74. The van der Waals surface area contributed by atoms with E-state index in [9.17, 15) is 4.79 Å². The number of amides is 2. The van der Waals surface area contributed by atoms with Crippen molar-refractivity contribution in [3.63, 3.8) is 0 Å². The minimum atomic E-state index is -0.269. The maximum atomic E-state index is 12.2. The zero-order valence-corrected chi connectivity index (χ0v) is 12.9. The third-order valence-electron chi connectivity index (χ3n) is 3.84. The molecule has 120 valence electrons. The zero-order valence-electron chi connectivity index (χ0n) is 12.9. The average molecular weight is 312 g/mol. The van der Waals surface area contributed by atoms with Gasteiger partial charge in [-0.3, -0.25) is 0 Å². The molecular formula is C17H20N4O2. The third-order valence-corrected chi connectivity index (χ3v) is 3.84. The molecule has 0 saturated heterocycles. The Hall–Kier alpha value is -2.60. The number of para-hydroxylation sites is 2. The second kappa shape index (κ2) is 6.66. The Morgan fingerprint density at radius 3 is 2.87 bits per heavy atom. The number of urea groups is 1. The largest absolute Gasteiger partial charge is 0.396 e. The van der Waals surface area contributed by atoms with Gasteiger partial charge >= 0.3 is 6.03 Å². The molecule has 0 saturated carbocycles. The summed E-state index contributed by atoms with van der Waals surface area (Å²) in [5, 5.41) is 19.3. The van der Waals surface area contributed by atoms with Gasteiger partial charge in [-0.1, -0.05) is 24.3 Å². The van der Waals surface area contributed by atoms with Crippen molar-refractivity contribution in [1.82, 2.24) is 15.1 Å². The lowest BCUT2D eigenvalue weighted by Gasteiger charge is -2.15. The molecule has 3 N–H and O–H groups in total. The van der Waals surface area contributed by atoms with Gasteiger partial charge in [0.05, 0.1) is 17.1 Å². The number of anilines is 1. The van der Waals surface area contributed by atoms with E-state index in [1.54, 1.807) is 4.68 Å². The first-order valence-electron chi connectivity index (χ1n) is 7.64. The van der Waals surface area contributed by atoms with Crippen LogP contribution in [0.4, 0.5) is 10.5 Å². The Labute approximate surface area is 134 Å². The number of aliphatic hydroxyl groups is 1. The van der Waals surface area contributed by atoms with E-state index in [4.69, 9.17) is 5.11 Å². The second-order valence-corrected chi connectivity index (χ2v) is 5.69. The third kappa shape index (κ3) is 3.60. The summed E-state index contributed by atoms with van der Waals surface area (Å²) in [6, 6.07) is 9.11. The van der Waals surface area contributed by atoms with E-state index in [1.165, 1.54) is 0 Å². The summed E-state index contributed by atoms with van der Waals surface area (Å²) in [5.74, 6) is 0.125. The van der Waals surface area contributed by atoms with Crippen molar-refractivity contribution in [3.05, 3.63) is 54.4 Å². The van der Waals surface area contributed by atoms with Gasteiger partial charge in [-0.2, -0.15) is 5.10 Å². The normalized spacial score (nSPS) is 19.7. The van der Waals surface area contributed by atoms with E-state index < -0.39 is 0 Å². The highest BCUT2D eigenvalue weighted by Crippen LogP contribution is 2.20. The summed E-state index contributed by atoms with van der Waals surface area (Å²) >= 11 is 0. The summed E-state index contributed by atoms with van der Waals surface area (Å²) in [5.41, 5.74) is 2.41. The smallest absolute Gasteiger partial charge is 0.319 e. The molecule has 0 fully saturated rings. The number of rotatable bonds is 4. The lowest BCUT2D eigenvalue weighted by Crippen LogP contribution is -2.36. The quantitative estimate of drug-likeness (QED) is 0.758. The van der Waals surface area contributed by atoms with E-state index in [1.807, 2.05) is 55.6 Å². The van der Waals surface area contributed by atoms with E-state index in [2.05, 4.69) is 15.7 Å². The molecule has 2 aromatic rings. The van der Waals surface area contributed by atoms with Gasteiger partial charge in [0, 0.05) is 24.8 Å². The maximum absolute atomic E-state index is 12.2. The molecule has 0 aliphatic heterocycles. The number of hydrogen-bond acceptors (Lipinski definition) is 3. The Kier molecular flexibility index (Phi) is 4.43. The first-order chi connectivity index (χ1) is 11.2. The van der Waals surface area contributed by atoms with E-state index in [0.717, 1.165) is 17.8 Å². The molecule has 2 atom stereocenters. The number of carbonyl (C=O) groups is 1. The predicted molar refractivity (Wildman–Crippen MR) is 88.6 cm³/mol. The molecule has 3 rings (SSSR count).